The first-order chi connectivity index (χ1) is 29.6. The molecule has 4 heterocycles. The molecule has 0 bridgehead atoms. The number of aliphatic hydroxyl groups is 5. The Labute approximate surface area is 357 Å². The van der Waals surface area contributed by atoms with Crippen LogP contribution in [0.15, 0.2) is 29.1 Å². The van der Waals surface area contributed by atoms with Crippen LogP contribution >= 0.6 is 7.82 Å². The molecule has 2 fully saturated rings. The molecular formula is C36H52N7O19P. The number of phosphoric acid groups is 1. The molecule has 26 nitrogen and oxygen atoms in total. The van der Waals surface area contributed by atoms with Crippen LogP contribution in [0.5, 0.6) is 0 Å². The Bertz CT molecular complexity index is 2060. The number of aliphatic hydroxyl groups excluding tert-OH is 5. The summed E-state index contributed by atoms with van der Waals surface area (Å²) in [5, 5.41) is 85.4. The quantitative estimate of drug-likeness (QED) is 0.0527. The Hall–Kier alpha value is -4.99. The highest BCUT2D eigenvalue weighted by atomic mass is 31.2. The summed E-state index contributed by atoms with van der Waals surface area (Å²) >= 11 is 0. The minimum absolute atomic E-state index is 0.000915. The molecule has 14 N–H and O–H groups in total. The van der Waals surface area contributed by atoms with Crippen molar-refractivity contribution in [2.24, 2.45) is 0 Å². The van der Waals surface area contributed by atoms with Crippen molar-refractivity contribution in [1.29, 1.82) is 0 Å². The van der Waals surface area contributed by atoms with Crippen molar-refractivity contribution < 1.29 is 88.0 Å². The first-order valence-electron chi connectivity index (χ1n) is 19.6. The second-order valence-electron chi connectivity index (χ2n) is 15.4. The predicted octanol–water partition coefficient (Wildman–Crippen LogP) is -2.90. The highest BCUT2D eigenvalue weighted by Crippen LogP contribution is 2.46. The molecule has 27 heteroatoms. The van der Waals surface area contributed by atoms with E-state index in [1.807, 2.05) is 36.2 Å². The number of anilines is 4. The van der Waals surface area contributed by atoms with Crippen molar-refractivity contribution in [2.45, 2.75) is 119 Å². The highest BCUT2D eigenvalue weighted by Gasteiger charge is 2.47. The maximum atomic E-state index is 12.8. The molecule has 2 saturated heterocycles. The lowest BCUT2D eigenvalue weighted by molar-refractivity contribution is -0.192. The summed E-state index contributed by atoms with van der Waals surface area (Å²) < 4.78 is 33.1. The number of nitrogens with zero attached hydrogens (tertiary/aromatic N) is 3. The third-order valence-electron chi connectivity index (χ3n) is 10.8. The number of carboxylic acid groups (broad SMARTS) is 3. The molecule has 2 unspecified atom stereocenters. The van der Waals surface area contributed by atoms with E-state index in [4.69, 9.17) is 34.5 Å². The fraction of sp³-hybridized carbons (Fsp3) is 0.611. The summed E-state index contributed by atoms with van der Waals surface area (Å²) in [4.78, 5) is 80.2. The maximum absolute atomic E-state index is 12.8. The van der Waals surface area contributed by atoms with Gasteiger partial charge in [0.25, 0.3) is 11.5 Å². The van der Waals surface area contributed by atoms with Crippen LogP contribution in [0, 0.1) is 0 Å². The second kappa shape index (κ2) is 20.7. The molecule has 0 spiro atoms. The van der Waals surface area contributed by atoms with E-state index in [2.05, 4.69) is 20.2 Å². The third-order valence-corrected chi connectivity index (χ3v) is 11.8. The molecule has 3 aliphatic heterocycles. The van der Waals surface area contributed by atoms with Crippen LogP contribution < -0.4 is 31.7 Å². The number of carboxylic acids is 3. The van der Waals surface area contributed by atoms with Gasteiger partial charge >= 0.3 is 25.7 Å². The van der Waals surface area contributed by atoms with Gasteiger partial charge in [0.1, 0.15) is 48.4 Å². The molecule has 0 radical (unpaired) electrons. The lowest BCUT2D eigenvalue weighted by atomic mass is 9.98. The number of amides is 1. The van der Waals surface area contributed by atoms with Crippen molar-refractivity contribution in [2.75, 3.05) is 40.7 Å². The molecule has 2 aromatic rings. The Balaban J connectivity index is 1.10. The summed E-state index contributed by atoms with van der Waals surface area (Å²) in [6.45, 7) is 2.66. The van der Waals surface area contributed by atoms with Crippen molar-refractivity contribution in [1.82, 2.24) is 15.3 Å². The Morgan fingerprint density at radius 1 is 1.00 bits per heavy atom. The summed E-state index contributed by atoms with van der Waals surface area (Å²) in [6.07, 6.45) is -17.0. The summed E-state index contributed by atoms with van der Waals surface area (Å²) in [7, 11) is -5.33. The van der Waals surface area contributed by atoms with E-state index in [1.165, 1.54) is 0 Å². The van der Waals surface area contributed by atoms with E-state index in [0.717, 1.165) is 5.69 Å². The standard InChI is InChI=1S/C36H52N7O19P/c1-15-26-16(2)42(14-43(26)27-31(38-15)40-36(37)41-33(27)54)18-5-3-17(4-6-18)11-20(44)28(50)21(45)12-59-35-30(52)29(51)23(61-35)13-60-63(57,58)62-22(8-10-25(48)49)32(53)39-19(34(55)56)7-9-24(46)47/h3-6,15-16,19-23,26,28-30,35,44-45,50-52H,7-14H2,1-2H3,(H,39,53)(H,46,47)(H,48,49)(H,55,56)(H,57,58)(H4,37,38,40,41,54)/t15-,16?,19-,20-,21+,22-,23+,26+,28-,29+,30+,35-/m0/s1. The number of nitrogens with one attached hydrogen (secondary N) is 3. The molecular weight excluding hydrogens is 865 g/mol. The van der Waals surface area contributed by atoms with E-state index in [1.54, 1.807) is 12.1 Å². The zero-order valence-electron chi connectivity index (χ0n) is 33.9. The molecule has 3 aliphatic rings. The monoisotopic (exact) mass is 917 g/mol. The molecule has 1 amide bonds. The molecule has 1 aromatic heterocycles. The van der Waals surface area contributed by atoms with Crippen LogP contribution in [0.2, 0.25) is 0 Å². The number of fused-ring (bicyclic) bond motifs is 3. The van der Waals surface area contributed by atoms with Crippen LogP contribution in [0.25, 0.3) is 0 Å². The fourth-order valence-corrected chi connectivity index (χ4v) is 8.49. The average molecular weight is 918 g/mol. The van der Waals surface area contributed by atoms with Gasteiger partial charge in [0.05, 0.1) is 38.1 Å². The lowest BCUT2D eigenvalue weighted by Gasteiger charge is -2.37. The normalized spacial score (nSPS) is 26.3. The van der Waals surface area contributed by atoms with Crippen molar-refractivity contribution in [3.05, 3.63) is 40.2 Å². The molecule has 350 valence electrons. The zero-order chi connectivity index (χ0) is 46.5. The van der Waals surface area contributed by atoms with Gasteiger partial charge in [-0.05, 0) is 44.4 Å². The first-order valence-corrected chi connectivity index (χ1v) is 21.1. The van der Waals surface area contributed by atoms with Gasteiger partial charge in [0.2, 0.25) is 5.95 Å². The van der Waals surface area contributed by atoms with Crippen LogP contribution in [-0.2, 0) is 48.7 Å². The number of nitrogens with two attached hydrogens (primary N) is 1. The number of phosphoric ester groups is 1. The van der Waals surface area contributed by atoms with E-state index < -0.39 is 126 Å². The van der Waals surface area contributed by atoms with Crippen molar-refractivity contribution in [3.63, 3.8) is 0 Å². The fourth-order valence-electron chi connectivity index (χ4n) is 7.57. The van der Waals surface area contributed by atoms with E-state index in [9.17, 15) is 64.1 Å². The first kappa shape index (κ1) is 49.0. The topological polar surface area (TPSA) is 407 Å². The van der Waals surface area contributed by atoms with Gasteiger partial charge in [-0.25, -0.2) is 9.36 Å². The smallest absolute Gasteiger partial charge is 0.473 e. The van der Waals surface area contributed by atoms with Crippen molar-refractivity contribution >= 4 is 54.8 Å². The molecule has 0 aliphatic carbocycles. The minimum atomic E-state index is -5.33. The Morgan fingerprint density at radius 3 is 2.29 bits per heavy atom. The lowest BCUT2D eigenvalue weighted by Crippen LogP contribution is -2.52. The van der Waals surface area contributed by atoms with Crippen molar-refractivity contribution in [3.8, 4) is 0 Å². The number of benzene rings is 1. The van der Waals surface area contributed by atoms with Gasteiger partial charge in [-0.2, -0.15) is 4.98 Å². The Morgan fingerprint density at radius 2 is 1.65 bits per heavy atom. The number of rotatable bonds is 22. The number of carbonyl (C=O) groups excluding carboxylic acids is 1. The van der Waals surface area contributed by atoms with Gasteiger partial charge in [-0.1, -0.05) is 12.1 Å². The van der Waals surface area contributed by atoms with Gasteiger partial charge < -0.3 is 81.4 Å². The zero-order valence-corrected chi connectivity index (χ0v) is 34.8. The van der Waals surface area contributed by atoms with Gasteiger partial charge in [-0.3, -0.25) is 33.2 Å². The number of hydrogen-bond donors (Lipinski definition) is 13. The second-order valence-corrected chi connectivity index (χ2v) is 16.8. The number of H-pyrrole nitrogens is 1. The van der Waals surface area contributed by atoms with Gasteiger partial charge in [0.15, 0.2) is 12.1 Å². The van der Waals surface area contributed by atoms with Crippen LogP contribution in [0.4, 0.5) is 23.1 Å². The number of aromatic nitrogens is 2. The third kappa shape index (κ3) is 12.2. The minimum Gasteiger partial charge on any atom is -0.481 e. The summed E-state index contributed by atoms with van der Waals surface area (Å²) in [5.41, 5.74) is 7.19. The summed E-state index contributed by atoms with van der Waals surface area (Å²) in [6, 6.07) is 5.12. The predicted molar refractivity (Wildman–Crippen MR) is 214 cm³/mol. The van der Waals surface area contributed by atoms with Gasteiger partial charge in [0, 0.05) is 31.0 Å². The largest absolute Gasteiger partial charge is 0.481 e. The number of carbonyl (C=O) groups is 4. The molecule has 13 atom stereocenters. The summed E-state index contributed by atoms with van der Waals surface area (Å²) in [5.74, 6) is -5.46. The number of aromatic amines is 1. The molecule has 5 rings (SSSR count). The number of ether oxygens (including phenoxy) is 2. The van der Waals surface area contributed by atoms with Crippen LogP contribution in [-0.4, -0.2) is 173 Å². The number of hydrogen-bond acceptors (Lipinski definition) is 20. The molecule has 1 aromatic carbocycles. The van der Waals surface area contributed by atoms with Gasteiger partial charge in [-0.15, -0.1) is 0 Å². The Kier molecular flexibility index (Phi) is 16.1. The van der Waals surface area contributed by atoms with E-state index >= 15 is 0 Å². The number of nitrogen functional groups attached to an aromatic ring is 1. The molecule has 0 saturated carbocycles. The SMILES string of the molecule is CC1[C@H]2[C@H](C)Nc3nc(N)[nH]c(=O)c3N2CN1c1ccc(C[C@H](O)[C@H](O)[C@H](O)CO[C@H]2O[C@H](COP(=O)(O)O[C@@H](CCC(=O)O)C(=O)N[C@@H](CCC(=O)O)C(=O)O)[C@@H](O)[C@H]2O)cc1. The van der Waals surface area contributed by atoms with E-state index in [-0.39, 0.29) is 36.1 Å². The van der Waals surface area contributed by atoms with E-state index in [0.29, 0.717) is 23.7 Å². The van der Waals surface area contributed by atoms with Crippen LogP contribution in [0.1, 0.15) is 45.1 Å². The maximum Gasteiger partial charge on any atom is 0.473 e. The highest BCUT2D eigenvalue weighted by molar-refractivity contribution is 7.47. The molecule has 63 heavy (non-hydrogen) atoms. The van der Waals surface area contributed by atoms with Crippen LogP contribution in [0.3, 0.4) is 0 Å². The number of aliphatic carboxylic acids is 3. The average Bonchev–Trinajstić information content (AvgIpc) is 3.69.